The van der Waals surface area contributed by atoms with Gasteiger partial charge in [-0.05, 0) is 31.7 Å². The lowest BCUT2D eigenvalue weighted by atomic mass is 9.92. The number of carbonyl (C=O) groups is 1. The lowest BCUT2D eigenvalue weighted by Crippen LogP contribution is -2.45. The summed E-state index contributed by atoms with van der Waals surface area (Å²) in [7, 11) is 0. The third-order valence-corrected chi connectivity index (χ3v) is 4.45. The third-order valence-electron chi connectivity index (χ3n) is 4.45. The van der Waals surface area contributed by atoms with Gasteiger partial charge in [0.2, 0.25) is 5.91 Å². The van der Waals surface area contributed by atoms with Crippen molar-refractivity contribution in [1.29, 1.82) is 0 Å². The second kappa shape index (κ2) is 5.19. The van der Waals surface area contributed by atoms with Crippen molar-refractivity contribution in [2.45, 2.75) is 50.4 Å². The second-order valence-corrected chi connectivity index (χ2v) is 6.12. The minimum Gasteiger partial charge on any atom is -0.390 e. The predicted molar refractivity (Wildman–Crippen MR) is 75.2 cm³/mol. The summed E-state index contributed by atoms with van der Waals surface area (Å²) in [5.74, 6) is 0.0992. The van der Waals surface area contributed by atoms with Gasteiger partial charge < -0.3 is 15.5 Å². The summed E-state index contributed by atoms with van der Waals surface area (Å²) in [6.07, 6.45) is 0.702. The maximum atomic E-state index is 11.9. The van der Waals surface area contributed by atoms with Crippen LogP contribution >= 0.6 is 0 Å². The highest BCUT2D eigenvalue weighted by Crippen LogP contribution is 2.37. The number of hydrogen-bond acceptors (Lipinski definition) is 3. The summed E-state index contributed by atoms with van der Waals surface area (Å²) in [6, 6.07) is 7.68. The molecule has 2 saturated carbocycles. The summed E-state index contributed by atoms with van der Waals surface area (Å²) < 4.78 is 0. The highest BCUT2D eigenvalue weighted by molar-refractivity contribution is 5.81. The van der Waals surface area contributed by atoms with E-state index in [2.05, 4.69) is 5.32 Å². The molecule has 20 heavy (non-hydrogen) atoms. The van der Waals surface area contributed by atoms with Crippen molar-refractivity contribution in [2.24, 2.45) is 5.92 Å². The molecule has 3 rings (SSSR count). The van der Waals surface area contributed by atoms with E-state index in [0.717, 1.165) is 18.4 Å². The van der Waals surface area contributed by atoms with E-state index in [9.17, 15) is 15.0 Å². The van der Waals surface area contributed by atoms with Gasteiger partial charge in [0.1, 0.15) is 6.10 Å². The molecule has 1 aromatic rings. The molecule has 1 amide bonds. The zero-order valence-corrected chi connectivity index (χ0v) is 11.6. The molecule has 0 aliphatic heterocycles. The van der Waals surface area contributed by atoms with E-state index < -0.39 is 12.2 Å². The monoisotopic (exact) mass is 275 g/mol. The molecule has 0 bridgehead atoms. The Morgan fingerprint density at radius 3 is 2.45 bits per heavy atom. The van der Waals surface area contributed by atoms with Gasteiger partial charge in [-0.2, -0.15) is 0 Å². The summed E-state index contributed by atoms with van der Waals surface area (Å²) in [4.78, 5) is 11.9. The molecule has 0 heterocycles. The molecule has 0 saturated heterocycles. The molecule has 2 aliphatic rings. The number of hydrogen-bond donors (Lipinski definition) is 3. The van der Waals surface area contributed by atoms with Crippen molar-refractivity contribution < 1.29 is 15.0 Å². The molecular weight excluding hydrogens is 254 g/mol. The van der Waals surface area contributed by atoms with Gasteiger partial charge in [-0.1, -0.05) is 29.8 Å². The number of rotatable bonds is 3. The maximum absolute atomic E-state index is 11.9. The first-order valence-electron chi connectivity index (χ1n) is 7.29. The quantitative estimate of drug-likeness (QED) is 0.773. The zero-order chi connectivity index (χ0) is 14.3. The summed E-state index contributed by atoms with van der Waals surface area (Å²) in [5, 5.41) is 23.0. The van der Waals surface area contributed by atoms with Crippen LogP contribution in [0.5, 0.6) is 0 Å². The van der Waals surface area contributed by atoms with E-state index in [1.807, 2.05) is 31.2 Å². The minimum atomic E-state index is -0.885. The summed E-state index contributed by atoms with van der Waals surface area (Å²) in [6.45, 7) is 2.02. The molecule has 108 valence electrons. The van der Waals surface area contributed by atoms with Crippen LogP contribution in [0, 0.1) is 12.8 Å². The third kappa shape index (κ3) is 2.58. The van der Waals surface area contributed by atoms with Crippen molar-refractivity contribution in [3.05, 3.63) is 35.4 Å². The van der Waals surface area contributed by atoms with E-state index >= 15 is 0 Å². The average molecular weight is 275 g/mol. The van der Waals surface area contributed by atoms with Gasteiger partial charge in [-0.15, -0.1) is 0 Å². The van der Waals surface area contributed by atoms with Crippen molar-refractivity contribution in [2.75, 3.05) is 0 Å². The minimum absolute atomic E-state index is 0.0141. The lowest BCUT2D eigenvalue weighted by Gasteiger charge is -2.24. The van der Waals surface area contributed by atoms with Crippen LogP contribution in [0.25, 0.3) is 0 Å². The Morgan fingerprint density at radius 2 is 1.85 bits per heavy atom. The Bertz CT molecular complexity index is 495. The van der Waals surface area contributed by atoms with Crippen molar-refractivity contribution in [3.8, 4) is 0 Å². The van der Waals surface area contributed by atoms with Gasteiger partial charge in [0.15, 0.2) is 0 Å². The topological polar surface area (TPSA) is 69.6 Å². The van der Waals surface area contributed by atoms with Crippen LogP contribution < -0.4 is 5.32 Å². The first-order chi connectivity index (χ1) is 9.56. The smallest absolute Gasteiger partial charge is 0.223 e. The largest absolute Gasteiger partial charge is 0.390 e. The average Bonchev–Trinajstić information content (AvgIpc) is 3.23. The predicted octanol–water partition coefficient (Wildman–Crippen LogP) is 1.10. The van der Waals surface area contributed by atoms with Crippen molar-refractivity contribution in [3.63, 3.8) is 0 Å². The Hall–Kier alpha value is -1.39. The highest BCUT2D eigenvalue weighted by atomic mass is 16.3. The zero-order valence-electron chi connectivity index (χ0n) is 11.6. The van der Waals surface area contributed by atoms with Crippen LogP contribution in [0.3, 0.4) is 0 Å². The number of aryl methyl sites for hydroxylation is 1. The fraction of sp³-hybridized carbons (Fsp3) is 0.562. The van der Waals surface area contributed by atoms with Gasteiger partial charge in [0.05, 0.1) is 12.1 Å². The first kappa shape index (κ1) is 13.6. The van der Waals surface area contributed by atoms with E-state index in [-0.39, 0.29) is 23.8 Å². The maximum Gasteiger partial charge on any atom is 0.223 e. The lowest BCUT2D eigenvalue weighted by molar-refractivity contribution is -0.124. The van der Waals surface area contributed by atoms with Gasteiger partial charge >= 0.3 is 0 Å². The van der Waals surface area contributed by atoms with Gasteiger partial charge in [0, 0.05) is 11.8 Å². The summed E-state index contributed by atoms with van der Waals surface area (Å²) >= 11 is 0. The molecule has 4 nitrogen and oxygen atoms in total. The molecular formula is C16H21NO3. The fourth-order valence-electron chi connectivity index (χ4n) is 2.99. The number of carbonyl (C=O) groups excluding carboxylic acids is 1. The molecule has 4 unspecified atom stereocenters. The fourth-order valence-corrected chi connectivity index (χ4v) is 2.99. The van der Waals surface area contributed by atoms with Crippen LogP contribution in [0.1, 0.15) is 36.3 Å². The van der Waals surface area contributed by atoms with Crippen molar-refractivity contribution >= 4 is 5.91 Å². The Labute approximate surface area is 118 Å². The molecule has 1 aromatic carbocycles. The second-order valence-electron chi connectivity index (χ2n) is 6.12. The highest BCUT2D eigenvalue weighted by Gasteiger charge is 2.44. The molecule has 2 aliphatic carbocycles. The first-order valence-corrected chi connectivity index (χ1v) is 7.29. The van der Waals surface area contributed by atoms with Crippen LogP contribution in [-0.4, -0.2) is 34.4 Å². The number of aliphatic hydroxyl groups excluding tert-OH is 2. The number of nitrogens with one attached hydrogen (secondary N) is 1. The van der Waals surface area contributed by atoms with Gasteiger partial charge in [0.25, 0.3) is 0 Å². The van der Waals surface area contributed by atoms with Gasteiger partial charge in [-0.3, -0.25) is 4.79 Å². The molecule has 3 N–H and O–H groups in total. The standard InChI is InChI=1S/C16H21NO3/c1-9-2-4-10(5-3-9)12-8-13(18)15(19)14(12)17-16(20)11-6-7-11/h2-5,11-15,18-19H,6-8H2,1H3,(H,17,20). The number of aliphatic hydroxyl groups is 2. The van der Waals surface area contributed by atoms with Gasteiger partial charge in [-0.25, -0.2) is 0 Å². The van der Waals surface area contributed by atoms with Crippen LogP contribution in [0.2, 0.25) is 0 Å². The molecule has 2 fully saturated rings. The van der Waals surface area contributed by atoms with Crippen LogP contribution in [-0.2, 0) is 4.79 Å². The van der Waals surface area contributed by atoms with E-state index in [1.54, 1.807) is 0 Å². The molecule has 0 radical (unpaired) electrons. The molecule has 4 heteroatoms. The van der Waals surface area contributed by atoms with E-state index in [4.69, 9.17) is 0 Å². The van der Waals surface area contributed by atoms with E-state index in [1.165, 1.54) is 5.56 Å². The Morgan fingerprint density at radius 1 is 1.20 bits per heavy atom. The molecule has 0 spiro atoms. The number of benzene rings is 1. The Balaban J connectivity index is 1.79. The SMILES string of the molecule is Cc1ccc(C2CC(O)C(O)C2NC(=O)C2CC2)cc1. The number of amides is 1. The normalized spacial score (nSPS) is 33.1. The Kier molecular flexibility index (Phi) is 3.52. The van der Waals surface area contributed by atoms with Crippen LogP contribution in [0.15, 0.2) is 24.3 Å². The van der Waals surface area contributed by atoms with E-state index in [0.29, 0.717) is 6.42 Å². The van der Waals surface area contributed by atoms with Crippen LogP contribution in [0.4, 0.5) is 0 Å². The molecule has 4 atom stereocenters. The molecule has 0 aromatic heterocycles. The summed E-state index contributed by atoms with van der Waals surface area (Å²) in [5.41, 5.74) is 2.23. The van der Waals surface area contributed by atoms with Crippen molar-refractivity contribution in [1.82, 2.24) is 5.32 Å².